The average Bonchev–Trinajstić information content (AvgIpc) is 3.99. The number of hydrogen-bond donors (Lipinski definition) is 0. The second-order valence-corrected chi connectivity index (χ2v) is 17.9. The van der Waals surface area contributed by atoms with Gasteiger partial charge in [0.15, 0.2) is 0 Å². The van der Waals surface area contributed by atoms with Crippen LogP contribution in [-0.4, -0.2) is 14.5 Å². The molecule has 0 fully saturated rings. The molecule has 9 aromatic carbocycles. The van der Waals surface area contributed by atoms with Gasteiger partial charge in [0.1, 0.15) is 0 Å². The minimum atomic E-state index is 0.664. The van der Waals surface area contributed by atoms with Crippen LogP contribution in [0.5, 0.6) is 0 Å². The van der Waals surface area contributed by atoms with E-state index in [1.165, 1.54) is 97.0 Å². The zero-order chi connectivity index (χ0) is 40.5. The van der Waals surface area contributed by atoms with Crippen LogP contribution in [0, 0.1) is 0 Å². The van der Waals surface area contributed by atoms with Crippen molar-refractivity contribution in [1.29, 1.82) is 0 Å². The van der Waals surface area contributed by atoms with Gasteiger partial charge in [0.05, 0.1) is 22.2 Å². The molecule has 0 aliphatic heterocycles. The maximum atomic E-state index is 5.41. The molecule has 0 amide bonds. The lowest BCUT2D eigenvalue weighted by molar-refractivity contribution is 1.01. The van der Waals surface area contributed by atoms with E-state index in [4.69, 9.17) is 9.97 Å². The summed E-state index contributed by atoms with van der Waals surface area (Å²) in [6.07, 6.45) is 6.91. The zero-order valence-electron chi connectivity index (χ0n) is 33.6. The van der Waals surface area contributed by atoms with Crippen LogP contribution in [-0.2, 0) is 0 Å². The van der Waals surface area contributed by atoms with Crippen molar-refractivity contribution in [2.45, 2.75) is 12.8 Å². The molecule has 12 aromatic rings. The van der Waals surface area contributed by atoms with Gasteiger partial charge >= 0.3 is 0 Å². The summed E-state index contributed by atoms with van der Waals surface area (Å²) in [5, 5.41) is 11.4. The van der Waals surface area contributed by atoms with E-state index >= 15 is 0 Å². The monoisotopic (exact) mass is 805 g/mol. The molecule has 3 heterocycles. The number of allylic oxidation sites excluding steroid dienone is 4. The largest absolute Gasteiger partial charge is 0.278 e. The van der Waals surface area contributed by atoms with Gasteiger partial charge in [0, 0.05) is 41.9 Å². The molecule has 0 radical (unpaired) electrons. The molecule has 0 saturated carbocycles. The van der Waals surface area contributed by atoms with Crippen LogP contribution in [0.15, 0.2) is 188 Å². The van der Waals surface area contributed by atoms with E-state index in [0.29, 0.717) is 5.95 Å². The van der Waals surface area contributed by atoms with Gasteiger partial charge in [0.25, 0.3) is 0 Å². The second-order valence-electron chi connectivity index (χ2n) is 16.8. The van der Waals surface area contributed by atoms with E-state index in [1.807, 2.05) is 11.3 Å². The van der Waals surface area contributed by atoms with Crippen molar-refractivity contribution in [3.05, 3.63) is 199 Å². The molecule has 288 valence electrons. The Kier molecular flexibility index (Phi) is 7.11. The highest BCUT2D eigenvalue weighted by Crippen LogP contribution is 2.51. The van der Waals surface area contributed by atoms with Crippen molar-refractivity contribution in [3.63, 3.8) is 0 Å². The fraction of sp³-hybridized carbons (Fsp3) is 0.0345. The Morgan fingerprint density at radius 2 is 1.16 bits per heavy atom. The van der Waals surface area contributed by atoms with E-state index in [9.17, 15) is 0 Å². The Hall–Kier alpha value is -7.66. The molecule has 14 rings (SSSR count). The van der Waals surface area contributed by atoms with E-state index < -0.39 is 0 Å². The van der Waals surface area contributed by atoms with E-state index in [1.54, 1.807) is 0 Å². The van der Waals surface area contributed by atoms with Crippen LogP contribution in [0.2, 0.25) is 0 Å². The number of para-hydroxylation sites is 2. The van der Waals surface area contributed by atoms with Crippen LogP contribution in [0.3, 0.4) is 0 Å². The zero-order valence-corrected chi connectivity index (χ0v) is 34.4. The molecule has 2 aliphatic rings. The maximum Gasteiger partial charge on any atom is 0.235 e. The first-order valence-corrected chi connectivity index (χ1v) is 22.3. The number of nitrogens with zero attached hydrogens (tertiary/aromatic N) is 3. The molecule has 0 N–H and O–H groups in total. The molecule has 0 unspecified atom stereocenters. The van der Waals surface area contributed by atoms with Crippen molar-refractivity contribution in [2.75, 3.05) is 0 Å². The molecule has 4 heteroatoms. The summed E-state index contributed by atoms with van der Waals surface area (Å²) in [5.41, 5.74) is 15.6. The van der Waals surface area contributed by atoms with Gasteiger partial charge in [-0.3, -0.25) is 4.57 Å². The highest BCUT2D eigenvalue weighted by molar-refractivity contribution is 7.26. The summed E-state index contributed by atoms with van der Waals surface area (Å²) in [7, 11) is 0. The summed E-state index contributed by atoms with van der Waals surface area (Å²) in [5.74, 6) is 0.664. The average molecular weight is 806 g/mol. The SMILES string of the molecule is C1=CC2=C(CC1)c1cc3sc4ccc(-c5ccc6c(c5)c5ccccc5n6-c5nc(-c6ccc(-c7ccc8ccccc8c7)cc6)c6ccccc6n5)cc4c3c3cccc2c13. The first-order chi connectivity index (χ1) is 30.7. The summed E-state index contributed by atoms with van der Waals surface area (Å²) < 4.78 is 4.94. The first kappa shape index (κ1) is 34.1. The lowest BCUT2D eigenvalue weighted by atomic mass is 9.94. The fourth-order valence-corrected chi connectivity index (χ4v) is 11.7. The van der Waals surface area contributed by atoms with Crippen molar-refractivity contribution in [1.82, 2.24) is 14.5 Å². The second kappa shape index (κ2) is 12.9. The van der Waals surface area contributed by atoms with Crippen molar-refractivity contribution in [2.24, 2.45) is 0 Å². The Labute approximate surface area is 361 Å². The smallest absolute Gasteiger partial charge is 0.235 e. The van der Waals surface area contributed by atoms with Gasteiger partial charge in [-0.1, -0.05) is 140 Å². The van der Waals surface area contributed by atoms with Gasteiger partial charge in [-0.2, -0.15) is 0 Å². The molecular weight excluding hydrogens is 771 g/mol. The van der Waals surface area contributed by atoms with Crippen LogP contribution in [0.25, 0.3) is 125 Å². The van der Waals surface area contributed by atoms with Gasteiger partial charge in [0.2, 0.25) is 5.95 Å². The van der Waals surface area contributed by atoms with Gasteiger partial charge in [-0.25, -0.2) is 9.97 Å². The van der Waals surface area contributed by atoms with Crippen LogP contribution in [0.1, 0.15) is 24.0 Å². The number of aromatic nitrogens is 3. The molecule has 0 spiro atoms. The molecule has 0 saturated heterocycles. The Balaban J connectivity index is 0.901. The Morgan fingerprint density at radius 3 is 2.08 bits per heavy atom. The molecule has 62 heavy (non-hydrogen) atoms. The topological polar surface area (TPSA) is 30.7 Å². The molecule has 3 aromatic heterocycles. The van der Waals surface area contributed by atoms with Crippen LogP contribution < -0.4 is 0 Å². The lowest BCUT2D eigenvalue weighted by Gasteiger charge is -2.12. The Morgan fingerprint density at radius 1 is 0.452 bits per heavy atom. The number of hydrogen-bond acceptors (Lipinski definition) is 3. The molecule has 0 bridgehead atoms. The van der Waals surface area contributed by atoms with Crippen LogP contribution >= 0.6 is 11.3 Å². The molecule has 2 aliphatic carbocycles. The highest BCUT2D eigenvalue weighted by Gasteiger charge is 2.26. The maximum absolute atomic E-state index is 5.41. The molecule has 0 atom stereocenters. The van der Waals surface area contributed by atoms with Crippen LogP contribution in [0.4, 0.5) is 0 Å². The van der Waals surface area contributed by atoms with E-state index in [-0.39, 0.29) is 0 Å². The highest BCUT2D eigenvalue weighted by atomic mass is 32.1. The summed E-state index contributed by atoms with van der Waals surface area (Å²) >= 11 is 1.92. The summed E-state index contributed by atoms with van der Waals surface area (Å²) in [6.45, 7) is 0. The normalized spacial score (nSPS) is 13.5. The van der Waals surface area contributed by atoms with Crippen molar-refractivity contribution in [3.8, 4) is 39.5 Å². The predicted octanol–water partition coefficient (Wildman–Crippen LogP) is 16.0. The number of fused-ring (bicyclic) bond motifs is 11. The van der Waals surface area contributed by atoms with E-state index in [2.05, 4.69) is 193 Å². The summed E-state index contributed by atoms with van der Waals surface area (Å²) in [4.78, 5) is 10.7. The third-order valence-electron chi connectivity index (χ3n) is 13.4. The van der Waals surface area contributed by atoms with E-state index in [0.717, 1.165) is 46.0 Å². The first-order valence-electron chi connectivity index (χ1n) is 21.4. The lowest BCUT2D eigenvalue weighted by Crippen LogP contribution is -2.03. The number of thiophene rings is 1. The third-order valence-corrected chi connectivity index (χ3v) is 14.5. The fourth-order valence-electron chi connectivity index (χ4n) is 10.5. The van der Waals surface area contributed by atoms with Gasteiger partial charge in [-0.05, 0) is 127 Å². The third kappa shape index (κ3) is 4.93. The molecule has 3 nitrogen and oxygen atoms in total. The standard InChI is InChI=1S/C58H35N3S/c1-2-11-37-30-38(25-22-34(37)10-1)35-20-23-36(24-21-35)57-45-15-5-7-18-50(45)59-58(60-57)61-51-19-8-6-14-43(51)47-31-39(26-28-52(47)61)40-27-29-53-49(32-40)56-46-17-9-16-44-41-12-3-4-13-42(41)48(55(44)46)33-54(56)62-53/h1-3,5-12,14-33H,4,13H2. The predicted molar refractivity (Wildman–Crippen MR) is 263 cm³/mol. The molecular formula is C58H35N3S. The number of benzene rings is 9. The quantitative estimate of drug-likeness (QED) is 0.177. The minimum absolute atomic E-state index is 0.664. The van der Waals surface area contributed by atoms with Crippen molar-refractivity contribution >= 4 is 96.9 Å². The Bertz CT molecular complexity index is 3970. The number of rotatable bonds is 4. The van der Waals surface area contributed by atoms with Gasteiger partial charge in [-0.15, -0.1) is 11.3 Å². The van der Waals surface area contributed by atoms with Gasteiger partial charge < -0.3 is 0 Å². The van der Waals surface area contributed by atoms with Crippen molar-refractivity contribution < 1.29 is 0 Å². The minimum Gasteiger partial charge on any atom is -0.278 e. The summed E-state index contributed by atoms with van der Waals surface area (Å²) in [6, 6.07) is 64.4.